The zero-order chi connectivity index (χ0) is 12.3. The summed E-state index contributed by atoms with van der Waals surface area (Å²) in [5.74, 6) is 0.615. The van der Waals surface area contributed by atoms with Crippen molar-refractivity contribution in [1.29, 1.82) is 0 Å². The molecule has 0 aromatic carbocycles. The van der Waals surface area contributed by atoms with E-state index in [1.807, 2.05) is 0 Å². The second kappa shape index (κ2) is 4.71. The molecular weight excluding hydrogens is 216 g/mol. The summed E-state index contributed by atoms with van der Waals surface area (Å²) in [6.07, 6.45) is 3.54. The van der Waals surface area contributed by atoms with E-state index in [1.54, 1.807) is 12.3 Å². The monoisotopic (exact) mass is 234 g/mol. The summed E-state index contributed by atoms with van der Waals surface area (Å²) in [5, 5.41) is 3.30. The van der Waals surface area contributed by atoms with E-state index in [2.05, 4.69) is 22.2 Å². The molecule has 0 radical (unpaired) electrons. The van der Waals surface area contributed by atoms with Crippen LogP contribution in [0.3, 0.4) is 0 Å². The molecule has 17 heavy (non-hydrogen) atoms. The fraction of sp³-hybridized carbons (Fsp3) is 0.500. The predicted octanol–water partition coefficient (Wildman–Crippen LogP) is 0.753. The molecule has 0 unspecified atom stereocenters. The summed E-state index contributed by atoms with van der Waals surface area (Å²) >= 11 is 0. The van der Waals surface area contributed by atoms with Crippen LogP contribution in [0.1, 0.15) is 19.8 Å². The molecule has 2 rings (SSSR count). The van der Waals surface area contributed by atoms with E-state index >= 15 is 0 Å². The number of nitrogens with one attached hydrogen (secondary N) is 2. The molecule has 1 aromatic heterocycles. The Morgan fingerprint density at radius 3 is 2.82 bits per heavy atom. The van der Waals surface area contributed by atoms with Gasteiger partial charge in [0.15, 0.2) is 0 Å². The minimum Gasteiger partial charge on any atom is -0.387 e. The van der Waals surface area contributed by atoms with Gasteiger partial charge in [0, 0.05) is 17.7 Å². The first-order valence-electron chi connectivity index (χ1n) is 5.84. The van der Waals surface area contributed by atoms with Gasteiger partial charge in [-0.25, -0.2) is 4.99 Å². The number of rotatable bonds is 2. The van der Waals surface area contributed by atoms with Crippen molar-refractivity contribution in [2.45, 2.75) is 19.8 Å². The van der Waals surface area contributed by atoms with Crippen molar-refractivity contribution in [2.75, 3.05) is 13.1 Å². The lowest BCUT2D eigenvalue weighted by Gasteiger charge is -2.33. The molecule has 5 heteroatoms. The fourth-order valence-corrected chi connectivity index (χ4v) is 2.01. The van der Waals surface area contributed by atoms with Crippen LogP contribution in [0.25, 0.3) is 0 Å². The molecule has 92 valence electrons. The molecule has 0 amide bonds. The molecular formula is C12H18N4O. The van der Waals surface area contributed by atoms with Gasteiger partial charge in [-0.05, 0) is 32.0 Å². The molecule has 0 spiro atoms. The lowest BCUT2D eigenvalue weighted by molar-refractivity contribution is 0.326. The summed E-state index contributed by atoms with van der Waals surface area (Å²) in [6.45, 7) is 4.05. The quantitative estimate of drug-likeness (QED) is 0.521. The highest BCUT2D eigenvalue weighted by molar-refractivity contribution is 5.88. The number of aromatic amines is 1. The molecule has 0 aliphatic carbocycles. The third kappa shape index (κ3) is 2.74. The van der Waals surface area contributed by atoms with E-state index < -0.39 is 0 Å². The highest BCUT2D eigenvalue weighted by Gasteiger charge is 2.30. The maximum Gasteiger partial charge on any atom is 0.250 e. The predicted molar refractivity (Wildman–Crippen MR) is 68.6 cm³/mol. The van der Waals surface area contributed by atoms with E-state index in [0.717, 1.165) is 25.9 Å². The molecule has 5 nitrogen and oxygen atoms in total. The van der Waals surface area contributed by atoms with Crippen molar-refractivity contribution >= 4 is 11.5 Å². The van der Waals surface area contributed by atoms with E-state index in [-0.39, 0.29) is 11.0 Å². The second-order valence-corrected chi connectivity index (χ2v) is 4.72. The largest absolute Gasteiger partial charge is 0.387 e. The van der Waals surface area contributed by atoms with Crippen LogP contribution in [-0.2, 0) is 0 Å². The van der Waals surface area contributed by atoms with Gasteiger partial charge in [-0.2, -0.15) is 0 Å². The third-order valence-electron chi connectivity index (χ3n) is 3.33. The van der Waals surface area contributed by atoms with Gasteiger partial charge in [-0.15, -0.1) is 0 Å². The van der Waals surface area contributed by atoms with Gasteiger partial charge in [0.25, 0.3) is 0 Å². The number of hydrogen-bond donors (Lipinski definition) is 3. The van der Waals surface area contributed by atoms with Gasteiger partial charge in [0.05, 0.1) is 5.69 Å². The average molecular weight is 234 g/mol. The highest BCUT2D eigenvalue weighted by Crippen LogP contribution is 2.29. The first-order chi connectivity index (χ1) is 8.10. The summed E-state index contributed by atoms with van der Waals surface area (Å²) in [6, 6.07) is 3.20. The fourth-order valence-electron chi connectivity index (χ4n) is 2.01. The number of aromatic nitrogens is 1. The lowest BCUT2D eigenvalue weighted by Crippen LogP contribution is -2.43. The lowest BCUT2D eigenvalue weighted by atomic mass is 9.80. The van der Waals surface area contributed by atoms with Crippen molar-refractivity contribution in [2.24, 2.45) is 16.1 Å². The summed E-state index contributed by atoms with van der Waals surface area (Å²) in [5.41, 5.74) is 6.47. The molecule has 0 bridgehead atoms. The number of aliphatic imine (C=N–C) groups is 1. The molecule has 1 fully saturated rings. The van der Waals surface area contributed by atoms with Crippen molar-refractivity contribution in [3.63, 3.8) is 0 Å². The van der Waals surface area contributed by atoms with Crippen molar-refractivity contribution in [3.05, 3.63) is 28.7 Å². The van der Waals surface area contributed by atoms with Crippen molar-refractivity contribution in [1.82, 2.24) is 10.3 Å². The number of hydrogen-bond acceptors (Lipinski definition) is 3. The van der Waals surface area contributed by atoms with Crippen LogP contribution in [0, 0.1) is 5.41 Å². The van der Waals surface area contributed by atoms with Gasteiger partial charge < -0.3 is 16.0 Å². The third-order valence-corrected chi connectivity index (χ3v) is 3.33. The van der Waals surface area contributed by atoms with Crippen molar-refractivity contribution < 1.29 is 0 Å². The van der Waals surface area contributed by atoms with Crippen molar-refractivity contribution in [3.8, 4) is 0 Å². The standard InChI is InChI=1S/C12H18N4O/c1-12(3-6-14-7-4-12)11(13)16-9-2-5-15-10(17)8-9/h2,5,8,14H,3-4,6-7H2,1H3,(H3,13,15,16,17). The molecule has 1 aromatic rings. The van der Waals surface area contributed by atoms with E-state index in [1.165, 1.54) is 6.07 Å². The van der Waals surface area contributed by atoms with Gasteiger partial charge in [0.1, 0.15) is 5.84 Å². The van der Waals surface area contributed by atoms with E-state index in [9.17, 15) is 4.79 Å². The zero-order valence-electron chi connectivity index (χ0n) is 9.99. The molecule has 1 aliphatic heterocycles. The van der Waals surface area contributed by atoms with Gasteiger partial charge in [0.2, 0.25) is 5.56 Å². The highest BCUT2D eigenvalue weighted by atomic mass is 16.1. The molecule has 0 saturated carbocycles. The first-order valence-corrected chi connectivity index (χ1v) is 5.84. The normalized spacial score (nSPS) is 20.2. The second-order valence-electron chi connectivity index (χ2n) is 4.72. The first kappa shape index (κ1) is 11.9. The maximum atomic E-state index is 11.2. The molecule has 4 N–H and O–H groups in total. The Hall–Kier alpha value is -1.62. The van der Waals surface area contributed by atoms with Crippen LogP contribution in [0.5, 0.6) is 0 Å². The topological polar surface area (TPSA) is 83.3 Å². The van der Waals surface area contributed by atoms with Crippen LogP contribution in [0.4, 0.5) is 5.69 Å². The number of piperidine rings is 1. The van der Waals surface area contributed by atoms with E-state index in [4.69, 9.17) is 5.73 Å². The van der Waals surface area contributed by atoms with Crippen LogP contribution >= 0.6 is 0 Å². The minimum absolute atomic E-state index is 0.0617. The number of nitrogens with two attached hydrogens (primary N) is 1. The maximum absolute atomic E-state index is 11.2. The Morgan fingerprint density at radius 1 is 1.47 bits per heavy atom. The van der Waals surface area contributed by atoms with Gasteiger partial charge in [-0.1, -0.05) is 6.92 Å². The Kier molecular flexibility index (Phi) is 3.28. The van der Waals surface area contributed by atoms with Crippen LogP contribution in [0.15, 0.2) is 28.1 Å². The average Bonchev–Trinajstić information content (AvgIpc) is 2.30. The summed E-state index contributed by atoms with van der Waals surface area (Å²) < 4.78 is 0. The molecule has 1 aliphatic rings. The number of H-pyrrole nitrogens is 1. The summed E-state index contributed by atoms with van der Waals surface area (Å²) in [4.78, 5) is 18.1. The Bertz CT molecular complexity index is 471. The number of pyridine rings is 1. The number of amidine groups is 1. The zero-order valence-corrected chi connectivity index (χ0v) is 9.99. The van der Waals surface area contributed by atoms with Crippen LogP contribution in [0.2, 0.25) is 0 Å². The Labute approximate surface area is 100 Å². The van der Waals surface area contributed by atoms with Gasteiger partial charge >= 0.3 is 0 Å². The minimum atomic E-state index is -0.158. The SMILES string of the molecule is CC1(C(N)=Nc2cc[nH]c(=O)c2)CCNCC1. The van der Waals surface area contributed by atoms with Gasteiger partial charge in [-0.3, -0.25) is 4.79 Å². The smallest absolute Gasteiger partial charge is 0.250 e. The van der Waals surface area contributed by atoms with Crippen LogP contribution < -0.4 is 16.6 Å². The Balaban J connectivity index is 2.24. The molecule has 0 atom stereocenters. The molecule has 1 saturated heterocycles. The van der Waals surface area contributed by atoms with E-state index in [0.29, 0.717) is 11.5 Å². The Morgan fingerprint density at radius 2 is 2.18 bits per heavy atom. The summed E-state index contributed by atoms with van der Waals surface area (Å²) in [7, 11) is 0. The number of nitrogens with zero attached hydrogens (tertiary/aromatic N) is 1. The molecule has 2 heterocycles. The van der Waals surface area contributed by atoms with Crippen LogP contribution in [-0.4, -0.2) is 23.9 Å².